The van der Waals surface area contributed by atoms with E-state index in [1.54, 1.807) is 42.5 Å². The van der Waals surface area contributed by atoms with Crippen LogP contribution in [0.2, 0.25) is 0 Å². The summed E-state index contributed by atoms with van der Waals surface area (Å²) in [4.78, 5) is 90.2. The molecule has 322 valence electrons. The number of aromatic nitrogens is 1. The first-order chi connectivity index (χ1) is 29.1. The number of alkyl halides is 1. The van der Waals surface area contributed by atoms with E-state index in [1.807, 2.05) is 6.92 Å². The van der Waals surface area contributed by atoms with Crippen molar-refractivity contribution in [2.75, 3.05) is 11.5 Å². The minimum atomic E-state index is -4.49. The van der Waals surface area contributed by atoms with Gasteiger partial charge in [-0.1, -0.05) is 44.0 Å². The predicted octanol–water partition coefficient (Wildman–Crippen LogP) is 7.27. The van der Waals surface area contributed by atoms with E-state index in [2.05, 4.69) is 15.4 Å². The molecule has 2 N–H and O–H groups in total. The topological polar surface area (TPSA) is 185 Å². The number of nitrogens with zero attached hydrogens (tertiary/aromatic N) is 4. The van der Waals surface area contributed by atoms with Gasteiger partial charge in [-0.15, -0.1) is 11.3 Å². The van der Waals surface area contributed by atoms with E-state index in [1.165, 1.54) is 62.3 Å². The molecule has 0 bridgehead atoms. The number of pyridine rings is 1. The minimum Gasteiger partial charge on any atom is -0.465 e. The highest BCUT2D eigenvalue weighted by Crippen LogP contribution is 2.58. The third kappa shape index (κ3) is 8.68. The van der Waals surface area contributed by atoms with Gasteiger partial charge in [0.25, 0.3) is 17.7 Å². The Hall–Kier alpha value is -5.51. The number of hydrogen-bond donors (Lipinski definition) is 2. The van der Waals surface area contributed by atoms with Gasteiger partial charge in [-0.25, -0.2) is 24.1 Å². The summed E-state index contributed by atoms with van der Waals surface area (Å²) < 4.78 is 42.4. The molecule has 2 unspecified atom stereocenters. The number of para-hydroxylation sites is 1. The second-order valence-electron chi connectivity index (χ2n) is 15.9. The van der Waals surface area contributed by atoms with Crippen LogP contribution in [0.3, 0.4) is 0 Å². The number of rotatable bonds is 13. The minimum absolute atomic E-state index is 0.0194. The normalized spacial score (nSPS) is 22.2. The van der Waals surface area contributed by atoms with E-state index in [-0.39, 0.29) is 40.9 Å². The number of halogens is 1. The zero-order valence-corrected chi connectivity index (χ0v) is 36.0. The van der Waals surface area contributed by atoms with Gasteiger partial charge in [-0.05, 0) is 106 Å². The Bertz CT molecular complexity index is 2380. The van der Waals surface area contributed by atoms with Crippen LogP contribution in [0.4, 0.5) is 14.9 Å². The average molecular weight is 875 g/mol. The molecule has 0 saturated carbocycles. The Morgan fingerprint density at radius 2 is 1.75 bits per heavy atom. The molecule has 15 nitrogen and oxygen atoms in total. The number of amides is 6. The first-order valence-electron chi connectivity index (χ1n) is 20.4. The summed E-state index contributed by atoms with van der Waals surface area (Å²) >= 11 is 1.12. The highest BCUT2D eigenvalue weighted by Gasteiger charge is 2.58. The monoisotopic (exact) mass is 874 g/mol. The molecule has 0 spiro atoms. The summed E-state index contributed by atoms with van der Waals surface area (Å²) in [6, 6.07) is 12.9. The van der Waals surface area contributed by atoms with E-state index in [9.17, 15) is 33.3 Å². The lowest BCUT2D eigenvalue weighted by Crippen LogP contribution is -2.59. The summed E-state index contributed by atoms with van der Waals surface area (Å²) in [6.45, 7) is 6.37. The quantitative estimate of drug-likeness (QED) is 0.0782. The van der Waals surface area contributed by atoms with Crippen molar-refractivity contribution in [1.82, 2.24) is 25.2 Å². The molecule has 18 heteroatoms. The second-order valence-corrected chi connectivity index (χ2v) is 19.1. The van der Waals surface area contributed by atoms with Crippen molar-refractivity contribution in [2.45, 2.75) is 108 Å². The van der Waals surface area contributed by atoms with Crippen LogP contribution in [0.15, 0.2) is 79.1 Å². The van der Waals surface area contributed by atoms with Crippen LogP contribution < -0.4 is 19.8 Å². The van der Waals surface area contributed by atoms with Crippen LogP contribution >= 0.6 is 18.9 Å². The number of urea groups is 1. The molecule has 3 aliphatic heterocycles. The number of carbonyl (C=O) groups is 6. The highest BCUT2D eigenvalue weighted by atomic mass is 32.1. The van der Waals surface area contributed by atoms with Crippen molar-refractivity contribution in [3.8, 4) is 5.75 Å². The third-order valence-corrected chi connectivity index (χ3v) is 14.5. The fraction of sp³-hybridized carbons (Fsp3) is 0.419. The van der Waals surface area contributed by atoms with Crippen LogP contribution in [0, 0.1) is 0 Å². The lowest BCUT2D eigenvalue weighted by Gasteiger charge is -2.37. The Morgan fingerprint density at radius 3 is 2.48 bits per heavy atom. The number of benzene rings is 2. The molecule has 6 amide bonds. The Morgan fingerprint density at radius 1 is 1.00 bits per heavy atom. The highest BCUT2D eigenvalue weighted by molar-refractivity contribution is 7.57. The van der Waals surface area contributed by atoms with Crippen LogP contribution in [-0.4, -0.2) is 86.7 Å². The zero-order chi connectivity index (χ0) is 43.6. The number of carbonyl (C=O) groups excluding carboxylic acids is 6. The van der Waals surface area contributed by atoms with Crippen molar-refractivity contribution in [2.24, 2.45) is 0 Å². The van der Waals surface area contributed by atoms with E-state index in [4.69, 9.17) is 9.26 Å². The number of anilines is 1. The maximum absolute atomic E-state index is 16.5. The first kappa shape index (κ1) is 43.6. The molecule has 3 saturated heterocycles. The summed E-state index contributed by atoms with van der Waals surface area (Å²) in [5, 5.41) is 5.91. The van der Waals surface area contributed by atoms with E-state index in [0.717, 1.165) is 27.6 Å². The molecule has 2 aromatic carbocycles. The Kier molecular flexibility index (Phi) is 12.7. The molecule has 2 aromatic heterocycles. The van der Waals surface area contributed by atoms with Gasteiger partial charge in [-0.2, -0.15) is 0 Å². The molecule has 3 fully saturated rings. The third-order valence-electron chi connectivity index (χ3n) is 11.2. The summed E-state index contributed by atoms with van der Waals surface area (Å²) in [7, 11) is -4.49. The van der Waals surface area contributed by atoms with Crippen LogP contribution in [-0.2, 0) is 28.5 Å². The smallest absolute Gasteiger partial charge is 0.355 e. The lowest BCUT2D eigenvalue weighted by atomic mass is 9.98. The van der Waals surface area contributed by atoms with Gasteiger partial charge in [0.05, 0.1) is 23.4 Å². The predicted molar refractivity (Wildman–Crippen MR) is 226 cm³/mol. The summed E-state index contributed by atoms with van der Waals surface area (Å²) in [5.41, 5.74) is -1.33. The molecule has 3 aliphatic rings. The van der Waals surface area contributed by atoms with Crippen LogP contribution in [0.5, 0.6) is 5.75 Å². The second kappa shape index (κ2) is 17.8. The van der Waals surface area contributed by atoms with Gasteiger partial charge in [0, 0.05) is 16.9 Å². The molecule has 7 rings (SSSR count). The van der Waals surface area contributed by atoms with E-state index < -0.39 is 72.7 Å². The van der Waals surface area contributed by atoms with Gasteiger partial charge in [0.2, 0.25) is 11.8 Å². The van der Waals surface area contributed by atoms with E-state index in [0.29, 0.717) is 42.2 Å². The molecule has 6 atom stereocenters. The molecule has 61 heavy (non-hydrogen) atoms. The number of fused-ring (bicyclic) bond motifs is 2. The van der Waals surface area contributed by atoms with Crippen LogP contribution in [0.25, 0.3) is 10.1 Å². The Balaban J connectivity index is 1.09. The number of ether oxygens (including phenoxy) is 1. The van der Waals surface area contributed by atoms with Crippen molar-refractivity contribution in [1.29, 1.82) is 0 Å². The van der Waals surface area contributed by atoms with Crippen molar-refractivity contribution < 1.29 is 47.0 Å². The van der Waals surface area contributed by atoms with Gasteiger partial charge in [0.1, 0.15) is 29.4 Å². The lowest BCUT2D eigenvalue weighted by molar-refractivity contribution is -0.148. The number of esters is 1. The SMILES string of the molecule is CCCOC(=O)[C@H](C)NP(=O)(Oc1ccccc1)C(F)c1ccc2sc(C(=O)N[C@H]3CCCC[C@H]4CC[C@@H](C(=O)N5C(=O)N(c6cccnc6)C(=O)C5(C)C)N4C3=O)cc2c1. The standard InChI is InChI=1S/C43H48FN6O9PS/c1-5-22-58-40(54)26(2)47-60(57,59-31-14-7-6-8-15-31)36(44)27-17-20-34-28(23-27)24-35(61-34)37(51)46-32-16-10-9-12-29-18-19-33(48(29)38(32)52)39(53)50-42(56)49(41(55)43(50,3)4)30-13-11-21-45-25-30/h6-8,11,13-15,17,20-21,23-26,29,32-33,36H,5,9-10,12,16,18-19,22H2,1-4H3,(H,46,51)(H,47,57)/t26-,29-,32-,33-,36?,60?/m0/s1. The number of hydrogen-bond acceptors (Lipinski definition) is 11. The molecule has 0 aliphatic carbocycles. The summed E-state index contributed by atoms with van der Waals surface area (Å²) in [5.74, 6) is -5.08. The maximum atomic E-state index is 16.5. The van der Waals surface area contributed by atoms with Crippen molar-refractivity contribution in [3.63, 3.8) is 0 Å². The molecule has 0 radical (unpaired) electrons. The largest absolute Gasteiger partial charge is 0.465 e. The maximum Gasteiger partial charge on any atom is 0.355 e. The fourth-order valence-corrected chi connectivity index (χ4v) is 11.0. The zero-order valence-electron chi connectivity index (χ0n) is 34.2. The molecule has 5 heterocycles. The summed E-state index contributed by atoms with van der Waals surface area (Å²) in [6.07, 6.45) is 6.57. The van der Waals surface area contributed by atoms with Gasteiger partial charge >= 0.3 is 19.5 Å². The molecular formula is C43H48FN6O9PS. The fourth-order valence-electron chi connectivity index (χ4n) is 8.11. The van der Waals surface area contributed by atoms with Crippen molar-refractivity contribution >= 4 is 70.3 Å². The average Bonchev–Trinajstić information content (AvgIpc) is 3.92. The molecule has 4 aromatic rings. The molecular weight excluding hydrogens is 827 g/mol. The van der Waals surface area contributed by atoms with Crippen molar-refractivity contribution in [3.05, 3.63) is 89.6 Å². The Labute approximate surface area is 356 Å². The first-order valence-corrected chi connectivity index (χ1v) is 22.9. The number of nitrogens with one attached hydrogen (secondary N) is 2. The number of imide groups is 2. The number of thiophene rings is 1. The van der Waals surface area contributed by atoms with Gasteiger partial charge in [0.15, 0.2) is 0 Å². The van der Waals surface area contributed by atoms with Crippen LogP contribution in [0.1, 0.15) is 93.8 Å². The van der Waals surface area contributed by atoms with E-state index >= 15 is 4.39 Å². The van der Waals surface area contributed by atoms with Gasteiger partial charge < -0.3 is 19.5 Å². The van der Waals surface area contributed by atoms with Gasteiger partial charge in [-0.3, -0.25) is 33.5 Å².